The number of aromatic nitrogens is 2. The lowest BCUT2D eigenvalue weighted by atomic mass is 10.1. The molecule has 1 aromatic heterocycles. The molecular formula is C13H16N4O. The SMILES string of the molecule is Cc1cc(NC(=O)c2cnn(C)c2C)ccc1N. The van der Waals surface area contributed by atoms with Gasteiger partial charge in [-0.1, -0.05) is 0 Å². The van der Waals surface area contributed by atoms with Crippen molar-refractivity contribution in [2.24, 2.45) is 7.05 Å². The van der Waals surface area contributed by atoms with Crippen molar-refractivity contribution in [2.75, 3.05) is 11.1 Å². The largest absolute Gasteiger partial charge is 0.399 e. The second kappa shape index (κ2) is 4.52. The molecule has 0 bridgehead atoms. The van der Waals surface area contributed by atoms with Crippen LogP contribution in [0.3, 0.4) is 0 Å². The molecule has 0 atom stereocenters. The van der Waals surface area contributed by atoms with E-state index in [4.69, 9.17) is 5.73 Å². The third-order valence-electron chi connectivity index (χ3n) is 3.01. The van der Waals surface area contributed by atoms with Gasteiger partial charge < -0.3 is 11.1 Å². The Bertz CT molecular complexity index is 601. The molecule has 0 aliphatic carbocycles. The summed E-state index contributed by atoms with van der Waals surface area (Å²) < 4.78 is 1.67. The number of nitrogen functional groups attached to an aromatic ring is 1. The van der Waals surface area contributed by atoms with Crippen LogP contribution >= 0.6 is 0 Å². The topological polar surface area (TPSA) is 72.9 Å². The summed E-state index contributed by atoms with van der Waals surface area (Å²) in [6, 6.07) is 5.41. The Balaban J connectivity index is 2.21. The lowest BCUT2D eigenvalue weighted by Gasteiger charge is -2.07. The third kappa shape index (κ3) is 2.20. The summed E-state index contributed by atoms with van der Waals surface area (Å²) in [5.74, 6) is -0.162. The van der Waals surface area contributed by atoms with Crippen molar-refractivity contribution >= 4 is 17.3 Å². The van der Waals surface area contributed by atoms with Crippen molar-refractivity contribution in [3.8, 4) is 0 Å². The second-order valence-electron chi connectivity index (χ2n) is 4.29. The highest BCUT2D eigenvalue weighted by atomic mass is 16.1. The number of amides is 1. The van der Waals surface area contributed by atoms with Gasteiger partial charge in [-0.15, -0.1) is 0 Å². The first-order valence-corrected chi connectivity index (χ1v) is 5.65. The summed E-state index contributed by atoms with van der Waals surface area (Å²) in [7, 11) is 1.81. The van der Waals surface area contributed by atoms with Crippen molar-refractivity contribution in [1.82, 2.24) is 9.78 Å². The minimum atomic E-state index is -0.162. The van der Waals surface area contributed by atoms with Crippen LogP contribution in [0.4, 0.5) is 11.4 Å². The van der Waals surface area contributed by atoms with E-state index in [9.17, 15) is 4.79 Å². The highest BCUT2D eigenvalue weighted by Gasteiger charge is 2.12. The van der Waals surface area contributed by atoms with Crippen LogP contribution in [-0.4, -0.2) is 15.7 Å². The Labute approximate surface area is 106 Å². The van der Waals surface area contributed by atoms with Gasteiger partial charge in [-0.3, -0.25) is 9.48 Å². The van der Waals surface area contributed by atoms with E-state index in [1.807, 2.05) is 19.9 Å². The molecule has 2 rings (SSSR count). The maximum Gasteiger partial charge on any atom is 0.259 e. The van der Waals surface area contributed by atoms with Crippen molar-refractivity contribution in [1.29, 1.82) is 0 Å². The fourth-order valence-corrected chi connectivity index (χ4v) is 1.67. The lowest BCUT2D eigenvalue weighted by molar-refractivity contribution is 0.102. The average Bonchev–Trinajstić information content (AvgIpc) is 2.65. The van der Waals surface area contributed by atoms with Gasteiger partial charge in [0.2, 0.25) is 0 Å². The summed E-state index contributed by atoms with van der Waals surface area (Å²) in [6.45, 7) is 3.76. The fourth-order valence-electron chi connectivity index (χ4n) is 1.67. The monoisotopic (exact) mass is 244 g/mol. The molecule has 2 aromatic rings. The molecule has 0 saturated heterocycles. The molecule has 3 N–H and O–H groups in total. The van der Waals surface area contributed by atoms with Crippen LogP contribution in [0.5, 0.6) is 0 Å². The Morgan fingerprint density at radius 1 is 1.39 bits per heavy atom. The fraction of sp³-hybridized carbons (Fsp3) is 0.231. The molecule has 0 fully saturated rings. The van der Waals surface area contributed by atoms with Crippen LogP contribution in [0, 0.1) is 13.8 Å². The molecule has 0 aliphatic heterocycles. The van der Waals surface area contributed by atoms with Gasteiger partial charge in [-0.2, -0.15) is 5.10 Å². The first-order chi connectivity index (χ1) is 8.49. The van der Waals surface area contributed by atoms with Gasteiger partial charge in [-0.25, -0.2) is 0 Å². The van der Waals surface area contributed by atoms with Crippen LogP contribution in [-0.2, 0) is 7.05 Å². The van der Waals surface area contributed by atoms with Gasteiger partial charge in [-0.05, 0) is 37.6 Å². The normalized spacial score (nSPS) is 10.4. The van der Waals surface area contributed by atoms with Crippen LogP contribution in [0.15, 0.2) is 24.4 Å². The molecule has 0 saturated carbocycles. The lowest BCUT2D eigenvalue weighted by Crippen LogP contribution is -2.13. The molecule has 94 valence electrons. The molecule has 1 amide bonds. The summed E-state index contributed by atoms with van der Waals surface area (Å²) in [4.78, 5) is 12.0. The Morgan fingerprint density at radius 2 is 2.11 bits per heavy atom. The van der Waals surface area contributed by atoms with Crippen LogP contribution in [0.25, 0.3) is 0 Å². The molecule has 5 nitrogen and oxygen atoms in total. The maximum atomic E-state index is 12.0. The molecule has 0 spiro atoms. The number of anilines is 2. The van der Waals surface area contributed by atoms with Crippen molar-refractivity contribution in [3.63, 3.8) is 0 Å². The highest BCUT2D eigenvalue weighted by molar-refractivity contribution is 6.05. The zero-order valence-corrected chi connectivity index (χ0v) is 10.7. The van der Waals surface area contributed by atoms with Crippen molar-refractivity contribution < 1.29 is 4.79 Å². The van der Waals surface area contributed by atoms with E-state index in [0.29, 0.717) is 11.3 Å². The molecule has 5 heteroatoms. The number of rotatable bonds is 2. The minimum Gasteiger partial charge on any atom is -0.399 e. The number of nitrogens with two attached hydrogens (primary N) is 1. The van der Waals surface area contributed by atoms with E-state index < -0.39 is 0 Å². The second-order valence-corrected chi connectivity index (χ2v) is 4.29. The zero-order chi connectivity index (χ0) is 13.3. The number of carbonyl (C=O) groups excluding carboxylic acids is 1. The standard InChI is InChI=1S/C13H16N4O/c1-8-6-10(4-5-12(8)14)16-13(18)11-7-15-17(3)9(11)2/h4-7H,14H2,1-3H3,(H,16,18). The molecule has 0 radical (unpaired) electrons. The summed E-state index contributed by atoms with van der Waals surface area (Å²) in [5, 5.41) is 6.88. The van der Waals surface area contributed by atoms with Gasteiger partial charge in [0.05, 0.1) is 11.8 Å². The Hall–Kier alpha value is -2.30. The van der Waals surface area contributed by atoms with E-state index in [2.05, 4.69) is 10.4 Å². The van der Waals surface area contributed by atoms with Crippen molar-refractivity contribution in [2.45, 2.75) is 13.8 Å². The first kappa shape index (κ1) is 12.2. The van der Waals surface area contributed by atoms with Crippen LogP contribution in [0.2, 0.25) is 0 Å². The number of hydrogen-bond donors (Lipinski definition) is 2. The Morgan fingerprint density at radius 3 is 2.67 bits per heavy atom. The van der Waals surface area contributed by atoms with Crippen LogP contribution < -0.4 is 11.1 Å². The van der Waals surface area contributed by atoms with Gasteiger partial charge in [0.1, 0.15) is 0 Å². The molecule has 0 unspecified atom stereocenters. The number of carbonyl (C=O) groups is 1. The molecule has 0 aliphatic rings. The average molecular weight is 244 g/mol. The van der Waals surface area contributed by atoms with Crippen molar-refractivity contribution in [3.05, 3.63) is 41.2 Å². The molecule has 1 aromatic carbocycles. The minimum absolute atomic E-state index is 0.162. The van der Waals surface area contributed by atoms with E-state index >= 15 is 0 Å². The summed E-state index contributed by atoms with van der Waals surface area (Å²) in [5.41, 5.74) is 9.53. The number of hydrogen-bond acceptors (Lipinski definition) is 3. The quantitative estimate of drug-likeness (QED) is 0.792. The predicted octanol–water partition coefficient (Wildman–Crippen LogP) is 1.87. The number of nitrogens with zero attached hydrogens (tertiary/aromatic N) is 2. The number of benzene rings is 1. The molecular weight excluding hydrogens is 228 g/mol. The molecule has 18 heavy (non-hydrogen) atoms. The first-order valence-electron chi connectivity index (χ1n) is 5.65. The number of aryl methyl sites for hydroxylation is 2. The van der Waals surface area contributed by atoms with Gasteiger partial charge >= 0.3 is 0 Å². The third-order valence-corrected chi connectivity index (χ3v) is 3.01. The van der Waals surface area contributed by atoms with E-state index in [0.717, 1.165) is 16.9 Å². The van der Waals surface area contributed by atoms with Crippen LogP contribution in [0.1, 0.15) is 21.6 Å². The van der Waals surface area contributed by atoms with Gasteiger partial charge in [0.15, 0.2) is 0 Å². The van der Waals surface area contributed by atoms with E-state index in [1.54, 1.807) is 30.1 Å². The highest BCUT2D eigenvalue weighted by Crippen LogP contribution is 2.17. The Kier molecular flexibility index (Phi) is 3.06. The summed E-state index contributed by atoms with van der Waals surface area (Å²) >= 11 is 0. The smallest absolute Gasteiger partial charge is 0.259 e. The van der Waals surface area contributed by atoms with Gasteiger partial charge in [0.25, 0.3) is 5.91 Å². The molecule has 1 heterocycles. The number of nitrogens with one attached hydrogen (secondary N) is 1. The van der Waals surface area contributed by atoms with E-state index in [1.165, 1.54) is 0 Å². The van der Waals surface area contributed by atoms with E-state index in [-0.39, 0.29) is 5.91 Å². The summed E-state index contributed by atoms with van der Waals surface area (Å²) in [6.07, 6.45) is 1.56. The predicted molar refractivity (Wildman–Crippen MR) is 71.5 cm³/mol. The maximum absolute atomic E-state index is 12.0. The zero-order valence-electron chi connectivity index (χ0n) is 10.7. The van der Waals surface area contributed by atoms with Gasteiger partial charge in [0, 0.05) is 24.1 Å².